The van der Waals surface area contributed by atoms with E-state index in [0.717, 1.165) is 5.39 Å². The smallest absolute Gasteiger partial charge is 0.336 e. The zero-order valence-electron chi connectivity index (χ0n) is 10.1. The van der Waals surface area contributed by atoms with Crippen LogP contribution in [0, 0.1) is 0 Å². The number of benzene rings is 2. The molecule has 0 fully saturated rings. The monoisotopic (exact) mass is 268 g/mol. The number of rotatable bonds is 2. The van der Waals surface area contributed by atoms with Crippen LogP contribution in [0.2, 0.25) is 0 Å². The Morgan fingerprint density at radius 2 is 1.45 bits per heavy atom. The van der Waals surface area contributed by atoms with Gasteiger partial charge < -0.3 is 10.2 Å². The number of nitrogens with zero attached hydrogens (tertiary/aromatic N) is 2. The quantitative estimate of drug-likeness (QED) is 0.691. The highest BCUT2D eigenvalue weighted by atomic mass is 16.4. The van der Waals surface area contributed by atoms with Crippen LogP contribution in [-0.4, -0.2) is 32.3 Å². The number of carbonyl (C=O) groups is 2. The van der Waals surface area contributed by atoms with E-state index in [2.05, 4.69) is 10.2 Å². The third kappa shape index (κ3) is 1.83. The molecule has 2 aromatic carbocycles. The average Bonchev–Trinajstić information content (AvgIpc) is 2.43. The molecule has 0 amide bonds. The molecule has 1 aromatic heterocycles. The van der Waals surface area contributed by atoms with Crippen molar-refractivity contribution in [3.8, 4) is 0 Å². The van der Waals surface area contributed by atoms with Gasteiger partial charge in [0, 0.05) is 5.39 Å². The molecule has 20 heavy (non-hydrogen) atoms. The number of carboxylic acids is 2. The molecular weight excluding hydrogens is 260 g/mol. The first-order valence-electron chi connectivity index (χ1n) is 5.72. The summed E-state index contributed by atoms with van der Waals surface area (Å²) in [5.41, 5.74) is 0.152. The van der Waals surface area contributed by atoms with Crippen molar-refractivity contribution in [2.24, 2.45) is 0 Å². The van der Waals surface area contributed by atoms with Crippen molar-refractivity contribution in [2.75, 3.05) is 0 Å². The second-order valence-electron chi connectivity index (χ2n) is 4.30. The number of hydrogen-bond acceptors (Lipinski definition) is 4. The van der Waals surface area contributed by atoms with Gasteiger partial charge in [-0.3, -0.25) is 0 Å². The fourth-order valence-electron chi connectivity index (χ4n) is 2.14. The zero-order chi connectivity index (χ0) is 14.3. The van der Waals surface area contributed by atoms with E-state index in [-0.39, 0.29) is 11.1 Å². The minimum absolute atomic E-state index is 0.230. The fourth-order valence-corrected chi connectivity index (χ4v) is 2.14. The van der Waals surface area contributed by atoms with Crippen LogP contribution in [0.3, 0.4) is 0 Å². The van der Waals surface area contributed by atoms with Crippen LogP contribution in [0.1, 0.15) is 20.7 Å². The Labute approximate surface area is 112 Å². The van der Waals surface area contributed by atoms with Gasteiger partial charge in [0.15, 0.2) is 0 Å². The van der Waals surface area contributed by atoms with E-state index >= 15 is 0 Å². The summed E-state index contributed by atoms with van der Waals surface area (Å²) in [5.74, 6) is -2.54. The molecule has 0 saturated carbocycles. The SMILES string of the molecule is O=C(O)c1cc2cc3ccnnc3cc2cc1C(=O)O. The fraction of sp³-hybridized carbons (Fsp3) is 0. The summed E-state index contributed by atoms with van der Waals surface area (Å²) in [7, 11) is 0. The highest BCUT2D eigenvalue weighted by molar-refractivity contribution is 6.08. The Hall–Kier alpha value is -3.02. The van der Waals surface area contributed by atoms with Gasteiger partial charge in [0.1, 0.15) is 0 Å². The van der Waals surface area contributed by atoms with Gasteiger partial charge in [-0.2, -0.15) is 10.2 Å². The lowest BCUT2D eigenvalue weighted by Crippen LogP contribution is -2.07. The van der Waals surface area contributed by atoms with E-state index in [9.17, 15) is 9.59 Å². The lowest BCUT2D eigenvalue weighted by atomic mass is 9.99. The summed E-state index contributed by atoms with van der Waals surface area (Å²) in [6.07, 6.45) is 1.54. The van der Waals surface area contributed by atoms with E-state index in [4.69, 9.17) is 10.2 Å². The maximum atomic E-state index is 11.1. The van der Waals surface area contributed by atoms with Crippen LogP contribution in [0.15, 0.2) is 36.5 Å². The zero-order valence-corrected chi connectivity index (χ0v) is 10.1. The molecule has 1 heterocycles. The molecule has 0 atom stereocenters. The van der Waals surface area contributed by atoms with E-state index in [1.165, 1.54) is 18.3 Å². The van der Waals surface area contributed by atoms with Crippen molar-refractivity contribution in [2.45, 2.75) is 0 Å². The standard InChI is InChI=1S/C14H8N2O4/c17-13(18)10-4-8-3-7-1-2-15-16-12(7)6-9(8)5-11(10)14(19)20/h1-6H,(H,17,18)(H,19,20). The van der Waals surface area contributed by atoms with Crippen LogP contribution in [0.25, 0.3) is 21.7 Å². The molecule has 98 valence electrons. The van der Waals surface area contributed by atoms with Crippen LogP contribution >= 0.6 is 0 Å². The summed E-state index contributed by atoms with van der Waals surface area (Å²) in [4.78, 5) is 22.3. The highest BCUT2D eigenvalue weighted by Crippen LogP contribution is 2.25. The summed E-state index contributed by atoms with van der Waals surface area (Å²) in [6, 6.07) is 7.91. The molecule has 6 heteroatoms. The maximum absolute atomic E-state index is 11.1. The molecule has 0 aliphatic carbocycles. The summed E-state index contributed by atoms with van der Waals surface area (Å²) < 4.78 is 0. The molecule has 0 saturated heterocycles. The molecule has 0 aliphatic rings. The van der Waals surface area contributed by atoms with Crippen molar-refractivity contribution >= 4 is 33.6 Å². The van der Waals surface area contributed by atoms with Crippen molar-refractivity contribution in [1.82, 2.24) is 10.2 Å². The highest BCUT2D eigenvalue weighted by Gasteiger charge is 2.17. The van der Waals surface area contributed by atoms with Crippen molar-refractivity contribution in [1.29, 1.82) is 0 Å². The normalized spacial score (nSPS) is 10.8. The molecular formula is C14H8N2O4. The molecule has 0 radical (unpaired) electrons. The van der Waals surface area contributed by atoms with Crippen LogP contribution in [0.5, 0.6) is 0 Å². The molecule has 0 bridgehead atoms. The summed E-state index contributed by atoms with van der Waals surface area (Å²) >= 11 is 0. The summed E-state index contributed by atoms with van der Waals surface area (Å²) in [6.45, 7) is 0. The van der Waals surface area contributed by atoms with E-state index in [1.807, 2.05) is 0 Å². The van der Waals surface area contributed by atoms with Gasteiger partial charge in [-0.1, -0.05) is 0 Å². The lowest BCUT2D eigenvalue weighted by molar-refractivity contribution is 0.0652. The number of hydrogen-bond donors (Lipinski definition) is 2. The molecule has 0 unspecified atom stereocenters. The molecule has 0 aliphatic heterocycles. The van der Waals surface area contributed by atoms with Gasteiger partial charge in [-0.05, 0) is 41.1 Å². The first-order valence-corrected chi connectivity index (χ1v) is 5.72. The molecule has 3 rings (SSSR count). The Morgan fingerprint density at radius 3 is 2.05 bits per heavy atom. The third-order valence-electron chi connectivity index (χ3n) is 3.07. The van der Waals surface area contributed by atoms with Crippen LogP contribution in [0.4, 0.5) is 0 Å². The first kappa shape index (κ1) is 12.0. The van der Waals surface area contributed by atoms with Gasteiger partial charge in [0.25, 0.3) is 0 Å². The summed E-state index contributed by atoms with van der Waals surface area (Å²) in [5, 5.41) is 28.0. The number of aromatic nitrogens is 2. The number of carboxylic acid groups (broad SMARTS) is 2. The molecule has 2 N–H and O–H groups in total. The van der Waals surface area contributed by atoms with Crippen molar-refractivity contribution in [3.05, 3.63) is 47.7 Å². The van der Waals surface area contributed by atoms with Crippen molar-refractivity contribution < 1.29 is 19.8 Å². The second-order valence-corrected chi connectivity index (χ2v) is 4.30. The van der Waals surface area contributed by atoms with Crippen molar-refractivity contribution in [3.63, 3.8) is 0 Å². The minimum atomic E-state index is -1.27. The van der Waals surface area contributed by atoms with E-state index in [1.54, 1.807) is 18.2 Å². The lowest BCUT2D eigenvalue weighted by Gasteiger charge is -2.06. The van der Waals surface area contributed by atoms with Gasteiger partial charge in [-0.15, -0.1) is 0 Å². The van der Waals surface area contributed by atoms with Gasteiger partial charge >= 0.3 is 11.9 Å². The Balaban J connectivity index is 2.41. The Morgan fingerprint density at radius 1 is 0.850 bits per heavy atom. The second kappa shape index (κ2) is 4.27. The Kier molecular flexibility index (Phi) is 2.57. The van der Waals surface area contributed by atoms with Crippen LogP contribution in [-0.2, 0) is 0 Å². The largest absolute Gasteiger partial charge is 0.478 e. The topological polar surface area (TPSA) is 100 Å². The van der Waals surface area contributed by atoms with Crippen LogP contribution < -0.4 is 0 Å². The molecule has 6 nitrogen and oxygen atoms in total. The number of fused-ring (bicyclic) bond motifs is 2. The van der Waals surface area contributed by atoms with E-state index in [0.29, 0.717) is 16.3 Å². The predicted octanol–water partition coefficient (Wildman–Crippen LogP) is 2.18. The van der Waals surface area contributed by atoms with Gasteiger partial charge in [-0.25, -0.2) is 9.59 Å². The van der Waals surface area contributed by atoms with E-state index < -0.39 is 11.9 Å². The Bertz CT molecular complexity index is 802. The predicted molar refractivity (Wildman–Crippen MR) is 71.0 cm³/mol. The minimum Gasteiger partial charge on any atom is -0.478 e. The number of aromatic carboxylic acids is 2. The third-order valence-corrected chi connectivity index (χ3v) is 3.07. The molecule has 0 spiro atoms. The maximum Gasteiger partial charge on any atom is 0.336 e. The van der Waals surface area contributed by atoms with Gasteiger partial charge in [0.2, 0.25) is 0 Å². The van der Waals surface area contributed by atoms with Gasteiger partial charge in [0.05, 0.1) is 22.8 Å². The first-order chi connectivity index (χ1) is 9.56. The molecule has 3 aromatic rings. The average molecular weight is 268 g/mol.